The number of rotatable bonds is 11. The molecular formula is C37H33N7O5. The number of nitro groups is 1. The van der Waals surface area contributed by atoms with Crippen LogP contribution in [-0.2, 0) is 19.4 Å². The van der Waals surface area contributed by atoms with Crippen molar-refractivity contribution in [2.45, 2.75) is 25.6 Å². The lowest BCUT2D eigenvalue weighted by Gasteiger charge is -2.35. The molecule has 0 aliphatic carbocycles. The number of hydrogen-bond donors (Lipinski definition) is 0. The lowest BCUT2D eigenvalue weighted by Crippen LogP contribution is -2.39. The monoisotopic (exact) mass is 655 g/mol. The highest BCUT2D eigenvalue weighted by atomic mass is 16.6. The van der Waals surface area contributed by atoms with Gasteiger partial charge in [0, 0.05) is 31.8 Å². The number of benzene rings is 4. The Kier molecular flexibility index (Phi) is 8.94. The second-order valence-corrected chi connectivity index (χ2v) is 11.6. The van der Waals surface area contributed by atoms with Gasteiger partial charge in [0.2, 0.25) is 0 Å². The smallest absolute Gasteiger partial charge is 0.277 e. The van der Waals surface area contributed by atoms with Crippen molar-refractivity contribution in [3.05, 3.63) is 137 Å². The Hall–Kier alpha value is -6.14. The number of aromatic nitrogens is 5. The summed E-state index contributed by atoms with van der Waals surface area (Å²) in [6, 6.07) is 28.5. The topological polar surface area (TPSA) is 131 Å². The van der Waals surface area contributed by atoms with E-state index in [4.69, 9.17) is 14.2 Å². The van der Waals surface area contributed by atoms with Gasteiger partial charge in [-0.25, -0.2) is 0 Å². The van der Waals surface area contributed by atoms with Gasteiger partial charge in [-0.05, 0) is 87.5 Å². The lowest BCUT2D eigenvalue weighted by atomic mass is 9.96. The van der Waals surface area contributed by atoms with E-state index < -0.39 is 0 Å². The zero-order chi connectivity index (χ0) is 33.7. The fraction of sp³-hybridized carbons (Fsp3) is 0.189. The van der Waals surface area contributed by atoms with Crippen LogP contribution < -0.4 is 14.2 Å². The summed E-state index contributed by atoms with van der Waals surface area (Å²) in [4.78, 5) is 19.7. The maximum Gasteiger partial charge on any atom is 0.277 e. The van der Waals surface area contributed by atoms with Gasteiger partial charge in [0.15, 0.2) is 17.8 Å². The third-order valence-corrected chi connectivity index (χ3v) is 8.71. The molecule has 0 radical (unpaired) electrons. The molecule has 0 fully saturated rings. The Morgan fingerprint density at radius 3 is 2.37 bits per heavy atom. The molecule has 7 rings (SSSR count). The van der Waals surface area contributed by atoms with Crippen LogP contribution in [0, 0.1) is 10.1 Å². The van der Waals surface area contributed by atoms with Gasteiger partial charge in [-0.15, -0.1) is 15.0 Å². The maximum absolute atomic E-state index is 12.0. The van der Waals surface area contributed by atoms with E-state index in [0.29, 0.717) is 41.3 Å². The quantitative estimate of drug-likeness (QED) is 0.107. The van der Waals surface area contributed by atoms with Crippen molar-refractivity contribution in [2.75, 3.05) is 20.8 Å². The normalized spacial score (nSPS) is 13.3. The number of tetrazole rings is 1. The number of nitro benzene ring substituents is 1. The zero-order valence-corrected chi connectivity index (χ0v) is 27.0. The molecule has 3 heterocycles. The van der Waals surface area contributed by atoms with Crippen molar-refractivity contribution >= 4 is 5.69 Å². The molecule has 0 bridgehead atoms. The molecule has 0 spiro atoms. The minimum atomic E-state index is -0.376. The van der Waals surface area contributed by atoms with Crippen molar-refractivity contribution in [2.24, 2.45) is 0 Å². The molecule has 12 heteroatoms. The van der Waals surface area contributed by atoms with E-state index in [1.54, 1.807) is 55.7 Å². The number of methoxy groups -OCH3 is 2. The minimum absolute atomic E-state index is 0.00304. The Morgan fingerprint density at radius 1 is 0.857 bits per heavy atom. The molecule has 246 valence electrons. The summed E-state index contributed by atoms with van der Waals surface area (Å²) in [5.41, 5.74) is 6.62. The van der Waals surface area contributed by atoms with Gasteiger partial charge in [-0.3, -0.25) is 20.0 Å². The lowest BCUT2D eigenvalue weighted by molar-refractivity contribution is -0.384. The molecule has 1 aliphatic heterocycles. The first-order valence-corrected chi connectivity index (χ1v) is 15.8. The highest BCUT2D eigenvalue weighted by Crippen LogP contribution is 2.38. The number of pyridine rings is 1. The van der Waals surface area contributed by atoms with E-state index in [9.17, 15) is 10.1 Å². The fourth-order valence-corrected chi connectivity index (χ4v) is 6.25. The summed E-state index contributed by atoms with van der Waals surface area (Å²) in [6.45, 7) is 1.52. The minimum Gasteiger partial charge on any atom is -0.493 e. The molecule has 1 atom stereocenters. The largest absolute Gasteiger partial charge is 0.493 e. The Labute approximate surface area is 282 Å². The van der Waals surface area contributed by atoms with Crippen LogP contribution in [0.25, 0.3) is 22.3 Å². The van der Waals surface area contributed by atoms with E-state index in [2.05, 4.69) is 55.6 Å². The van der Waals surface area contributed by atoms with E-state index in [1.807, 2.05) is 30.3 Å². The summed E-state index contributed by atoms with van der Waals surface area (Å²) in [6.07, 6.45) is 6.07. The summed E-state index contributed by atoms with van der Waals surface area (Å²) in [5.74, 6) is 2.47. The average molecular weight is 656 g/mol. The standard InChI is InChI=1S/C37H33N7O5/c1-47-35-19-28-14-16-42(23-30(28)20-36(35)48-2)37(43-40-24-39-41-43)17-25-8-10-26(11-9-25)27-5-3-6-29(18-27)33-21-31(12-13-34(33)44(45)46)49-32-7-4-15-38-22-32/h3-13,15,18-22,24,37H,14,16-17,23H2,1-2H3. The van der Waals surface area contributed by atoms with Crippen LogP contribution in [0.2, 0.25) is 0 Å². The molecule has 1 unspecified atom stereocenters. The second-order valence-electron chi connectivity index (χ2n) is 11.6. The number of ether oxygens (including phenoxy) is 3. The first-order chi connectivity index (χ1) is 24.0. The number of hydrogen-bond acceptors (Lipinski definition) is 10. The third-order valence-electron chi connectivity index (χ3n) is 8.71. The van der Waals surface area contributed by atoms with Crippen LogP contribution in [0.3, 0.4) is 0 Å². The summed E-state index contributed by atoms with van der Waals surface area (Å²) in [5, 5.41) is 24.6. The summed E-state index contributed by atoms with van der Waals surface area (Å²) in [7, 11) is 3.30. The van der Waals surface area contributed by atoms with E-state index in [0.717, 1.165) is 35.4 Å². The van der Waals surface area contributed by atoms with Crippen LogP contribution >= 0.6 is 0 Å². The SMILES string of the molecule is COc1cc2c(cc1OC)CN(C(Cc1ccc(-c3cccc(-c4cc(Oc5cccnc5)ccc4[N+](=O)[O-])c3)cc1)n1ncnn1)CC2. The molecule has 4 aromatic carbocycles. The van der Waals surface area contributed by atoms with Crippen LogP contribution in [0.15, 0.2) is 110 Å². The molecule has 2 aromatic heterocycles. The van der Waals surface area contributed by atoms with Crippen LogP contribution in [-0.4, -0.2) is 55.8 Å². The molecule has 6 aromatic rings. The van der Waals surface area contributed by atoms with Gasteiger partial charge < -0.3 is 14.2 Å². The van der Waals surface area contributed by atoms with Crippen molar-refractivity contribution in [3.63, 3.8) is 0 Å². The first-order valence-electron chi connectivity index (χ1n) is 15.8. The van der Waals surface area contributed by atoms with Crippen molar-refractivity contribution in [1.29, 1.82) is 0 Å². The molecule has 1 aliphatic rings. The molecule has 0 amide bonds. The second kappa shape index (κ2) is 13.9. The Bertz CT molecular complexity index is 2070. The average Bonchev–Trinajstić information content (AvgIpc) is 3.68. The highest BCUT2D eigenvalue weighted by Gasteiger charge is 2.28. The molecule has 49 heavy (non-hydrogen) atoms. The van der Waals surface area contributed by atoms with E-state index in [1.165, 1.54) is 23.5 Å². The van der Waals surface area contributed by atoms with Crippen LogP contribution in [0.1, 0.15) is 22.9 Å². The Morgan fingerprint density at radius 2 is 1.65 bits per heavy atom. The Balaban J connectivity index is 1.13. The zero-order valence-electron chi connectivity index (χ0n) is 27.0. The summed E-state index contributed by atoms with van der Waals surface area (Å²) >= 11 is 0. The van der Waals surface area contributed by atoms with Gasteiger partial charge in [0.25, 0.3) is 5.69 Å². The predicted octanol–water partition coefficient (Wildman–Crippen LogP) is 6.92. The van der Waals surface area contributed by atoms with Crippen molar-refractivity contribution in [3.8, 4) is 45.3 Å². The van der Waals surface area contributed by atoms with Gasteiger partial charge in [-0.1, -0.05) is 42.5 Å². The molecule has 12 nitrogen and oxygen atoms in total. The molecule has 0 saturated carbocycles. The molecule has 0 N–H and O–H groups in total. The van der Waals surface area contributed by atoms with E-state index >= 15 is 0 Å². The van der Waals surface area contributed by atoms with Gasteiger partial charge in [-0.2, -0.15) is 0 Å². The van der Waals surface area contributed by atoms with Crippen LogP contribution in [0.4, 0.5) is 5.69 Å². The highest BCUT2D eigenvalue weighted by molar-refractivity contribution is 5.79. The van der Waals surface area contributed by atoms with E-state index in [-0.39, 0.29) is 16.8 Å². The van der Waals surface area contributed by atoms with Crippen molar-refractivity contribution in [1.82, 2.24) is 30.1 Å². The van der Waals surface area contributed by atoms with Gasteiger partial charge in [0.05, 0.1) is 30.9 Å². The number of fused-ring (bicyclic) bond motifs is 1. The first kappa shape index (κ1) is 31.5. The van der Waals surface area contributed by atoms with Crippen molar-refractivity contribution < 1.29 is 19.1 Å². The predicted molar refractivity (Wildman–Crippen MR) is 182 cm³/mol. The maximum atomic E-state index is 12.0. The molecular weight excluding hydrogens is 622 g/mol. The van der Waals surface area contributed by atoms with Gasteiger partial charge >= 0.3 is 0 Å². The van der Waals surface area contributed by atoms with Crippen LogP contribution in [0.5, 0.6) is 23.0 Å². The third kappa shape index (κ3) is 6.81. The fourth-order valence-electron chi connectivity index (χ4n) is 6.25. The number of nitrogens with zero attached hydrogens (tertiary/aromatic N) is 7. The summed E-state index contributed by atoms with van der Waals surface area (Å²) < 4.78 is 17.0. The molecule has 0 saturated heterocycles. The van der Waals surface area contributed by atoms with Gasteiger partial charge in [0.1, 0.15) is 17.7 Å².